The van der Waals surface area contributed by atoms with E-state index >= 15 is 0 Å². The molecule has 4 nitrogen and oxygen atoms in total. The molecule has 1 aromatic rings. The lowest BCUT2D eigenvalue weighted by Crippen LogP contribution is -2.31. The third-order valence-corrected chi connectivity index (χ3v) is 2.95. The van der Waals surface area contributed by atoms with E-state index in [1.165, 1.54) is 0 Å². The maximum atomic E-state index is 11.8. The second-order valence-corrected chi connectivity index (χ2v) is 4.20. The minimum atomic E-state index is 0.198. The summed E-state index contributed by atoms with van der Waals surface area (Å²) in [6, 6.07) is 7.79. The highest BCUT2D eigenvalue weighted by Gasteiger charge is 2.08. The molecule has 4 heteroatoms. The Balaban J connectivity index is 2.34. The van der Waals surface area contributed by atoms with Crippen molar-refractivity contribution in [3.8, 4) is 5.75 Å². The number of carbonyl (C=O) groups excluding carboxylic acids is 1. The molecule has 0 heterocycles. The molecule has 1 aromatic carbocycles. The number of amides is 1. The van der Waals surface area contributed by atoms with Gasteiger partial charge in [-0.25, -0.2) is 0 Å². The summed E-state index contributed by atoms with van der Waals surface area (Å²) in [5.74, 6) is 1.07. The molecule has 0 aliphatic carbocycles. The van der Waals surface area contributed by atoms with Gasteiger partial charge in [-0.15, -0.1) is 0 Å². The van der Waals surface area contributed by atoms with Crippen molar-refractivity contribution in [2.75, 3.05) is 31.6 Å². The molecule has 0 aliphatic heterocycles. The topological polar surface area (TPSA) is 41.6 Å². The minimum Gasteiger partial charge on any atom is -0.494 e. The van der Waals surface area contributed by atoms with Crippen LogP contribution in [0.25, 0.3) is 0 Å². The number of anilines is 1. The quantitative estimate of drug-likeness (QED) is 0.785. The predicted octanol–water partition coefficient (Wildman–Crippen LogP) is 2.76. The van der Waals surface area contributed by atoms with Gasteiger partial charge in [-0.3, -0.25) is 4.79 Å². The highest BCUT2D eigenvalue weighted by molar-refractivity contribution is 5.76. The summed E-state index contributed by atoms with van der Waals surface area (Å²) in [7, 11) is 0. The molecular formula is C15H24N2O2. The highest BCUT2D eigenvalue weighted by atomic mass is 16.5. The van der Waals surface area contributed by atoms with Crippen LogP contribution in [-0.4, -0.2) is 37.0 Å². The summed E-state index contributed by atoms with van der Waals surface area (Å²) in [4.78, 5) is 13.6. The van der Waals surface area contributed by atoms with E-state index in [1.807, 2.05) is 49.9 Å². The van der Waals surface area contributed by atoms with Gasteiger partial charge >= 0.3 is 0 Å². The number of hydrogen-bond donors (Lipinski definition) is 1. The van der Waals surface area contributed by atoms with E-state index in [4.69, 9.17) is 4.74 Å². The zero-order valence-electron chi connectivity index (χ0n) is 12.1. The molecule has 0 fully saturated rings. The molecule has 0 atom stereocenters. The second kappa shape index (κ2) is 8.40. The summed E-state index contributed by atoms with van der Waals surface area (Å²) in [6.07, 6.45) is 0.523. The molecule has 0 bridgehead atoms. The number of rotatable bonds is 8. The monoisotopic (exact) mass is 264 g/mol. The smallest absolute Gasteiger partial charge is 0.224 e. The Kier molecular flexibility index (Phi) is 6.79. The Labute approximate surface area is 115 Å². The van der Waals surface area contributed by atoms with E-state index in [0.717, 1.165) is 24.5 Å². The minimum absolute atomic E-state index is 0.198. The molecule has 106 valence electrons. The van der Waals surface area contributed by atoms with E-state index in [0.29, 0.717) is 19.6 Å². The van der Waals surface area contributed by atoms with E-state index in [1.54, 1.807) is 0 Å². The van der Waals surface area contributed by atoms with Crippen LogP contribution < -0.4 is 10.1 Å². The summed E-state index contributed by atoms with van der Waals surface area (Å²) in [5, 5.41) is 3.24. The van der Waals surface area contributed by atoms with Crippen molar-refractivity contribution in [1.29, 1.82) is 0 Å². The number of nitrogens with one attached hydrogen (secondary N) is 1. The average Bonchev–Trinajstić information content (AvgIpc) is 2.42. The van der Waals surface area contributed by atoms with Gasteiger partial charge in [0.05, 0.1) is 6.61 Å². The zero-order chi connectivity index (χ0) is 14.1. The zero-order valence-corrected chi connectivity index (χ0v) is 12.1. The first kappa shape index (κ1) is 15.3. The number of ether oxygens (including phenoxy) is 1. The van der Waals surface area contributed by atoms with Crippen molar-refractivity contribution >= 4 is 11.6 Å². The van der Waals surface area contributed by atoms with Gasteiger partial charge < -0.3 is 15.0 Å². The lowest BCUT2D eigenvalue weighted by molar-refractivity contribution is -0.130. The van der Waals surface area contributed by atoms with Gasteiger partial charge in [-0.1, -0.05) is 0 Å². The molecular weight excluding hydrogens is 240 g/mol. The normalized spacial score (nSPS) is 10.1. The molecule has 0 saturated heterocycles. The molecule has 1 amide bonds. The first-order valence-corrected chi connectivity index (χ1v) is 6.95. The maximum absolute atomic E-state index is 11.8. The first-order chi connectivity index (χ1) is 9.21. The Morgan fingerprint density at radius 3 is 2.32 bits per heavy atom. The number of carbonyl (C=O) groups is 1. The maximum Gasteiger partial charge on any atom is 0.224 e. The van der Waals surface area contributed by atoms with Gasteiger partial charge in [0.25, 0.3) is 0 Å². The summed E-state index contributed by atoms with van der Waals surface area (Å²) >= 11 is 0. The van der Waals surface area contributed by atoms with Crippen LogP contribution in [0.2, 0.25) is 0 Å². The average molecular weight is 264 g/mol. The lowest BCUT2D eigenvalue weighted by atomic mass is 10.3. The van der Waals surface area contributed by atoms with E-state index in [2.05, 4.69) is 5.32 Å². The van der Waals surface area contributed by atoms with Crippen molar-refractivity contribution in [3.05, 3.63) is 24.3 Å². The van der Waals surface area contributed by atoms with E-state index in [9.17, 15) is 4.79 Å². The van der Waals surface area contributed by atoms with Crippen LogP contribution in [0.3, 0.4) is 0 Å². The standard InChI is InChI=1S/C15H24N2O2/c1-4-17(5-2)15(18)11-12-16-13-7-9-14(10-8-13)19-6-3/h7-10,16H,4-6,11-12H2,1-3H3. The Morgan fingerprint density at radius 1 is 1.16 bits per heavy atom. The Morgan fingerprint density at radius 2 is 1.79 bits per heavy atom. The van der Waals surface area contributed by atoms with Crippen LogP contribution in [0.1, 0.15) is 27.2 Å². The summed E-state index contributed by atoms with van der Waals surface area (Å²) in [6.45, 7) is 8.85. The molecule has 1 N–H and O–H groups in total. The molecule has 0 radical (unpaired) electrons. The van der Waals surface area contributed by atoms with Gasteiger partial charge in [-0.05, 0) is 45.0 Å². The van der Waals surface area contributed by atoms with Crippen molar-refractivity contribution in [2.45, 2.75) is 27.2 Å². The van der Waals surface area contributed by atoms with Crippen molar-refractivity contribution in [1.82, 2.24) is 4.90 Å². The summed E-state index contributed by atoms with van der Waals surface area (Å²) < 4.78 is 5.38. The number of nitrogens with zero attached hydrogens (tertiary/aromatic N) is 1. The van der Waals surface area contributed by atoms with Gasteiger partial charge in [0, 0.05) is 31.7 Å². The molecule has 1 rings (SSSR count). The Bertz CT molecular complexity index is 372. The molecule has 0 unspecified atom stereocenters. The largest absolute Gasteiger partial charge is 0.494 e. The van der Waals surface area contributed by atoms with Crippen LogP contribution >= 0.6 is 0 Å². The fraction of sp³-hybridized carbons (Fsp3) is 0.533. The van der Waals surface area contributed by atoms with E-state index < -0.39 is 0 Å². The Hall–Kier alpha value is -1.71. The SMILES string of the molecule is CCOc1ccc(NCCC(=O)N(CC)CC)cc1. The predicted molar refractivity (Wildman–Crippen MR) is 78.6 cm³/mol. The van der Waals surface area contributed by atoms with Crippen molar-refractivity contribution < 1.29 is 9.53 Å². The van der Waals surface area contributed by atoms with Crippen LogP contribution in [0.15, 0.2) is 24.3 Å². The fourth-order valence-corrected chi connectivity index (χ4v) is 1.88. The summed E-state index contributed by atoms with van der Waals surface area (Å²) in [5.41, 5.74) is 1.01. The van der Waals surface area contributed by atoms with Crippen LogP contribution in [0.4, 0.5) is 5.69 Å². The molecule has 0 spiro atoms. The highest BCUT2D eigenvalue weighted by Crippen LogP contribution is 2.15. The van der Waals surface area contributed by atoms with Crippen LogP contribution in [0.5, 0.6) is 5.75 Å². The molecule has 0 saturated carbocycles. The van der Waals surface area contributed by atoms with Crippen molar-refractivity contribution in [2.24, 2.45) is 0 Å². The van der Waals surface area contributed by atoms with Gasteiger partial charge in [0.2, 0.25) is 5.91 Å². The van der Waals surface area contributed by atoms with Crippen molar-refractivity contribution in [3.63, 3.8) is 0 Å². The lowest BCUT2D eigenvalue weighted by Gasteiger charge is -2.18. The third kappa shape index (κ3) is 5.20. The van der Waals surface area contributed by atoms with Crippen LogP contribution in [-0.2, 0) is 4.79 Å². The second-order valence-electron chi connectivity index (χ2n) is 4.20. The van der Waals surface area contributed by atoms with Crippen LogP contribution in [0, 0.1) is 0 Å². The van der Waals surface area contributed by atoms with E-state index in [-0.39, 0.29) is 5.91 Å². The number of benzene rings is 1. The first-order valence-electron chi connectivity index (χ1n) is 6.95. The third-order valence-electron chi connectivity index (χ3n) is 2.95. The molecule has 0 aliphatic rings. The van der Waals surface area contributed by atoms with Gasteiger partial charge in [0.1, 0.15) is 5.75 Å². The molecule has 0 aromatic heterocycles. The van der Waals surface area contributed by atoms with Gasteiger partial charge in [0.15, 0.2) is 0 Å². The fourth-order valence-electron chi connectivity index (χ4n) is 1.88. The molecule has 19 heavy (non-hydrogen) atoms. The number of hydrogen-bond acceptors (Lipinski definition) is 3. The van der Waals surface area contributed by atoms with Gasteiger partial charge in [-0.2, -0.15) is 0 Å².